The standard InChI is InChI=1S/C19H24N2.C4H4O4/c1-20(2)14-7-15-21-18-10-5-3-8-16(18)12-13-17-9-4-6-11-19(17)21;5-3(6)1-2-4(7)8/h3-6,8-11H,7,12-15H2,1-2H3;1-2H,(H,5,6)(H,7,8)/b;2-1-. The number of carboxylic acids is 2. The van der Waals surface area contributed by atoms with E-state index in [1.165, 1.54) is 28.9 Å². The van der Waals surface area contributed by atoms with E-state index in [-0.39, 0.29) is 0 Å². The molecule has 3 rings (SSSR count). The van der Waals surface area contributed by atoms with E-state index in [2.05, 4.69) is 72.4 Å². The maximum absolute atomic E-state index is 9.55. The van der Waals surface area contributed by atoms with E-state index in [0.29, 0.717) is 12.2 Å². The zero-order valence-corrected chi connectivity index (χ0v) is 16.9. The summed E-state index contributed by atoms with van der Waals surface area (Å²) in [7, 11) is 4.29. The van der Waals surface area contributed by atoms with Crippen LogP contribution in [0.25, 0.3) is 0 Å². The predicted molar refractivity (Wildman–Crippen MR) is 115 cm³/mol. The first-order valence-electron chi connectivity index (χ1n) is 9.60. The largest absolute Gasteiger partial charge is 0.478 e. The van der Waals surface area contributed by atoms with Crippen LogP contribution in [-0.2, 0) is 22.4 Å². The Labute approximate surface area is 171 Å². The molecule has 6 heteroatoms. The maximum atomic E-state index is 9.55. The van der Waals surface area contributed by atoms with Crippen LogP contribution in [0.5, 0.6) is 0 Å². The average molecular weight is 396 g/mol. The van der Waals surface area contributed by atoms with E-state index in [1.807, 2.05) is 0 Å². The van der Waals surface area contributed by atoms with Crippen molar-refractivity contribution in [3.63, 3.8) is 0 Å². The summed E-state index contributed by atoms with van der Waals surface area (Å²) in [6, 6.07) is 17.7. The number of rotatable bonds is 6. The molecule has 2 N–H and O–H groups in total. The van der Waals surface area contributed by atoms with Crippen LogP contribution in [0.2, 0.25) is 0 Å². The summed E-state index contributed by atoms with van der Waals surface area (Å²) < 4.78 is 0. The minimum absolute atomic E-state index is 0.558. The topological polar surface area (TPSA) is 81.1 Å². The lowest BCUT2D eigenvalue weighted by atomic mass is 10.0. The van der Waals surface area contributed by atoms with Gasteiger partial charge in [0, 0.05) is 30.1 Å². The summed E-state index contributed by atoms with van der Waals surface area (Å²) in [5.41, 5.74) is 5.72. The second kappa shape index (κ2) is 11.0. The predicted octanol–water partition coefficient (Wildman–Crippen LogP) is 3.59. The number of aliphatic carboxylic acids is 2. The Morgan fingerprint density at radius 3 is 1.76 bits per heavy atom. The molecule has 0 spiro atoms. The van der Waals surface area contributed by atoms with Crippen LogP contribution in [0.3, 0.4) is 0 Å². The minimum Gasteiger partial charge on any atom is -0.478 e. The number of hydrogen-bond acceptors (Lipinski definition) is 4. The number of benzene rings is 2. The number of para-hydroxylation sites is 2. The summed E-state index contributed by atoms with van der Waals surface area (Å²) in [4.78, 5) is 23.9. The molecule has 0 unspecified atom stereocenters. The molecular weight excluding hydrogens is 368 g/mol. The Morgan fingerprint density at radius 2 is 1.34 bits per heavy atom. The molecule has 0 fully saturated rings. The van der Waals surface area contributed by atoms with Gasteiger partial charge < -0.3 is 20.0 Å². The number of anilines is 2. The van der Waals surface area contributed by atoms with Crippen LogP contribution in [0.1, 0.15) is 17.5 Å². The van der Waals surface area contributed by atoms with Crippen LogP contribution in [0.4, 0.5) is 11.4 Å². The molecule has 0 aliphatic carbocycles. The molecule has 0 atom stereocenters. The number of carbonyl (C=O) groups is 2. The van der Waals surface area contributed by atoms with Crippen LogP contribution < -0.4 is 4.90 Å². The Bertz CT molecular complexity index is 798. The van der Waals surface area contributed by atoms with E-state index >= 15 is 0 Å². The summed E-state index contributed by atoms with van der Waals surface area (Å²) in [6.45, 7) is 2.20. The quantitative estimate of drug-likeness (QED) is 0.727. The van der Waals surface area contributed by atoms with Gasteiger partial charge in [0.25, 0.3) is 0 Å². The zero-order chi connectivity index (χ0) is 21.2. The lowest BCUT2D eigenvalue weighted by Crippen LogP contribution is -2.23. The lowest BCUT2D eigenvalue weighted by molar-refractivity contribution is -0.134. The van der Waals surface area contributed by atoms with Gasteiger partial charge in [-0.05, 0) is 63.2 Å². The molecule has 0 saturated heterocycles. The fraction of sp³-hybridized carbons (Fsp3) is 0.304. The number of fused-ring (bicyclic) bond motifs is 2. The van der Waals surface area contributed by atoms with Crippen LogP contribution >= 0.6 is 0 Å². The van der Waals surface area contributed by atoms with Crippen LogP contribution in [0, 0.1) is 0 Å². The highest BCUT2D eigenvalue weighted by Crippen LogP contribution is 2.35. The second-order valence-electron chi connectivity index (χ2n) is 7.08. The van der Waals surface area contributed by atoms with E-state index in [0.717, 1.165) is 25.9 Å². The van der Waals surface area contributed by atoms with Crippen molar-refractivity contribution in [1.29, 1.82) is 0 Å². The molecular formula is C23H28N2O4. The molecule has 2 aromatic carbocycles. The summed E-state index contributed by atoms with van der Waals surface area (Å²) >= 11 is 0. The Kier molecular flexibility index (Phi) is 8.43. The van der Waals surface area contributed by atoms with E-state index in [4.69, 9.17) is 10.2 Å². The molecule has 6 nitrogen and oxygen atoms in total. The average Bonchev–Trinajstić information content (AvgIpc) is 2.84. The second-order valence-corrected chi connectivity index (χ2v) is 7.08. The van der Waals surface area contributed by atoms with Crippen molar-refractivity contribution in [2.45, 2.75) is 19.3 Å². The Morgan fingerprint density at radius 1 is 0.897 bits per heavy atom. The highest BCUT2D eigenvalue weighted by atomic mass is 16.4. The fourth-order valence-electron chi connectivity index (χ4n) is 3.30. The molecule has 0 aromatic heterocycles. The van der Waals surface area contributed by atoms with Crippen molar-refractivity contribution < 1.29 is 19.8 Å². The van der Waals surface area contributed by atoms with Crippen LogP contribution in [-0.4, -0.2) is 54.2 Å². The first kappa shape index (κ1) is 22.2. The minimum atomic E-state index is -1.26. The van der Waals surface area contributed by atoms with Crippen molar-refractivity contribution >= 4 is 23.3 Å². The van der Waals surface area contributed by atoms with Crippen molar-refractivity contribution in [3.8, 4) is 0 Å². The van der Waals surface area contributed by atoms with Gasteiger partial charge >= 0.3 is 11.9 Å². The normalized spacial score (nSPS) is 12.6. The van der Waals surface area contributed by atoms with E-state index in [1.54, 1.807) is 0 Å². The molecule has 2 aromatic rings. The molecule has 1 aliphatic heterocycles. The lowest BCUT2D eigenvalue weighted by Gasteiger charge is -2.27. The molecule has 0 radical (unpaired) electrons. The Hall–Kier alpha value is -3.12. The van der Waals surface area contributed by atoms with E-state index in [9.17, 15) is 9.59 Å². The van der Waals surface area contributed by atoms with Crippen molar-refractivity contribution in [2.75, 3.05) is 32.1 Å². The number of aryl methyl sites for hydroxylation is 2. The third-order valence-electron chi connectivity index (χ3n) is 4.58. The molecule has 0 bridgehead atoms. The third-order valence-corrected chi connectivity index (χ3v) is 4.58. The molecule has 0 amide bonds. The first-order chi connectivity index (χ1) is 13.9. The van der Waals surface area contributed by atoms with E-state index < -0.39 is 11.9 Å². The van der Waals surface area contributed by atoms with Crippen molar-refractivity contribution in [3.05, 3.63) is 71.8 Å². The summed E-state index contributed by atoms with van der Waals surface area (Å²) in [6.07, 6.45) is 4.56. The SMILES string of the molecule is CN(C)CCCN1c2ccccc2CCc2ccccc21.O=C(O)/C=C\C(=O)O. The van der Waals surface area contributed by atoms with Gasteiger partial charge in [-0.25, -0.2) is 9.59 Å². The smallest absolute Gasteiger partial charge is 0.328 e. The number of nitrogens with zero attached hydrogens (tertiary/aromatic N) is 2. The van der Waals surface area contributed by atoms with Gasteiger partial charge in [0.1, 0.15) is 0 Å². The van der Waals surface area contributed by atoms with Crippen molar-refractivity contribution in [1.82, 2.24) is 4.90 Å². The fourth-order valence-corrected chi connectivity index (χ4v) is 3.30. The molecule has 29 heavy (non-hydrogen) atoms. The van der Waals surface area contributed by atoms with Gasteiger partial charge in [0.2, 0.25) is 0 Å². The van der Waals surface area contributed by atoms with Gasteiger partial charge in [-0.2, -0.15) is 0 Å². The Balaban J connectivity index is 0.000000321. The van der Waals surface area contributed by atoms with Gasteiger partial charge in [-0.1, -0.05) is 36.4 Å². The number of hydrogen-bond donors (Lipinski definition) is 2. The van der Waals surface area contributed by atoms with Gasteiger partial charge in [-0.15, -0.1) is 0 Å². The summed E-state index contributed by atoms with van der Waals surface area (Å²) in [5.74, 6) is -2.51. The summed E-state index contributed by atoms with van der Waals surface area (Å²) in [5, 5.41) is 15.6. The van der Waals surface area contributed by atoms with Crippen LogP contribution in [0.15, 0.2) is 60.7 Å². The van der Waals surface area contributed by atoms with Gasteiger partial charge in [0.15, 0.2) is 0 Å². The third kappa shape index (κ3) is 7.08. The molecule has 1 heterocycles. The first-order valence-corrected chi connectivity index (χ1v) is 9.60. The number of carboxylic acid groups (broad SMARTS) is 2. The zero-order valence-electron chi connectivity index (χ0n) is 16.9. The highest BCUT2D eigenvalue weighted by Gasteiger charge is 2.19. The molecule has 154 valence electrons. The molecule has 1 aliphatic rings. The maximum Gasteiger partial charge on any atom is 0.328 e. The highest BCUT2D eigenvalue weighted by molar-refractivity contribution is 5.89. The molecule has 0 saturated carbocycles. The van der Waals surface area contributed by atoms with Gasteiger partial charge in [0.05, 0.1) is 0 Å². The van der Waals surface area contributed by atoms with Crippen molar-refractivity contribution in [2.24, 2.45) is 0 Å². The monoisotopic (exact) mass is 396 g/mol. The van der Waals surface area contributed by atoms with Gasteiger partial charge in [-0.3, -0.25) is 0 Å².